The third-order valence-corrected chi connectivity index (χ3v) is 5.45. The standard InChI is InChI=1S/C24H31FN2O4/c1-30-22-8-3-19(4-9-22)5-12-24(29)27-14-2-13-26(15-16-27)17-21(28)18-31-23-10-6-20(25)7-11-23/h3-4,6-11,21,28H,2,5,12-18H2,1H3. The molecular formula is C24H31FN2O4. The smallest absolute Gasteiger partial charge is 0.222 e. The van der Waals surface area contributed by atoms with Crippen molar-refractivity contribution in [2.24, 2.45) is 0 Å². The summed E-state index contributed by atoms with van der Waals surface area (Å²) < 4.78 is 23.6. The van der Waals surface area contributed by atoms with E-state index in [4.69, 9.17) is 9.47 Å². The van der Waals surface area contributed by atoms with Crippen molar-refractivity contribution in [3.8, 4) is 11.5 Å². The monoisotopic (exact) mass is 430 g/mol. The van der Waals surface area contributed by atoms with Gasteiger partial charge in [-0.3, -0.25) is 9.69 Å². The Morgan fingerprint density at radius 2 is 1.74 bits per heavy atom. The van der Waals surface area contributed by atoms with E-state index in [9.17, 15) is 14.3 Å². The lowest BCUT2D eigenvalue weighted by Crippen LogP contribution is -2.39. The van der Waals surface area contributed by atoms with Gasteiger partial charge in [0.2, 0.25) is 5.91 Å². The van der Waals surface area contributed by atoms with Crippen LogP contribution in [0.3, 0.4) is 0 Å². The van der Waals surface area contributed by atoms with Crippen molar-refractivity contribution in [1.82, 2.24) is 9.80 Å². The maximum Gasteiger partial charge on any atom is 0.222 e. The van der Waals surface area contributed by atoms with Gasteiger partial charge in [-0.15, -0.1) is 0 Å². The second kappa shape index (κ2) is 11.7. The fraction of sp³-hybridized carbons (Fsp3) is 0.458. The van der Waals surface area contributed by atoms with Gasteiger partial charge >= 0.3 is 0 Å². The number of methoxy groups -OCH3 is 1. The first-order valence-corrected chi connectivity index (χ1v) is 10.7. The third kappa shape index (κ3) is 7.52. The molecule has 0 radical (unpaired) electrons. The topological polar surface area (TPSA) is 62.2 Å². The Morgan fingerprint density at radius 3 is 2.45 bits per heavy atom. The van der Waals surface area contributed by atoms with Gasteiger partial charge < -0.3 is 19.5 Å². The number of halogens is 1. The zero-order chi connectivity index (χ0) is 22.1. The van der Waals surface area contributed by atoms with Crippen molar-refractivity contribution in [1.29, 1.82) is 0 Å². The van der Waals surface area contributed by atoms with Gasteiger partial charge in [-0.25, -0.2) is 4.39 Å². The zero-order valence-corrected chi connectivity index (χ0v) is 18.0. The molecule has 1 heterocycles. The molecular weight excluding hydrogens is 399 g/mol. The molecule has 1 fully saturated rings. The normalized spacial score (nSPS) is 15.9. The van der Waals surface area contributed by atoms with Gasteiger partial charge in [0, 0.05) is 32.6 Å². The molecule has 2 aromatic carbocycles. The van der Waals surface area contributed by atoms with Crippen LogP contribution in [0, 0.1) is 5.82 Å². The summed E-state index contributed by atoms with van der Waals surface area (Å²) in [5, 5.41) is 10.3. The minimum atomic E-state index is -0.651. The number of β-amino-alcohol motifs (C(OH)–C–C–N with tert-alkyl or cyclic N) is 1. The van der Waals surface area contributed by atoms with Crippen LogP contribution in [0.1, 0.15) is 18.4 Å². The minimum Gasteiger partial charge on any atom is -0.497 e. The first kappa shape index (κ1) is 23.0. The molecule has 7 heteroatoms. The molecule has 1 aliphatic rings. The number of carbonyl (C=O) groups excluding carboxylic acids is 1. The van der Waals surface area contributed by atoms with Gasteiger partial charge in [0.15, 0.2) is 0 Å². The number of rotatable bonds is 9. The number of aliphatic hydroxyl groups excluding tert-OH is 1. The highest BCUT2D eigenvalue weighted by Crippen LogP contribution is 2.14. The van der Waals surface area contributed by atoms with Gasteiger partial charge in [0.25, 0.3) is 0 Å². The van der Waals surface area contributed by atoms with Gasteiger partial charge in [-0.2, -0.15) is 0 Å². The van der Waals surface area contributed by atoms with Crippen molar-refractivity contribution >= 4 is 5.91 Å². The molecule has 0 aliphatic carbocycles. The number of aliphatic hydroxyl groups is 1. The molecule has 0 aromatic heterocycles. The highest BCUT2D eigenvalue weighted by molar-refractivity contribution is 5.76. The van der Waals surface area contributed by atoms with E-state index in [-0.39, 0.29) is 18.3 Å². The average molecular weight is 431 g/mol. The van der Waals surface area contributed by atoms with E-state index in [0.717, 1.165) is 37.4 Å². The van der Waals surface area contributed by atoms with Crippen LogP contribution in [0.2, 0.25) is 0 Å². The lowest BCUT2D eigenvalue weighted by Gasteiger charge is -2.24. The van der Waals surface area contributed by atoms with Crippen LogP contribution in [0.5, 0.6) is 11.5 Å². The van der Waals surface area contributed by atoms with E-state index < -0.39 is 6.10 Å². The van der Waals surface area contributed by atoms with Gasteiger partial charge in [-0.05, 0) is 61.3 Å². The summed E-state index contributed by atoms with van der Waals surface area (Å²) in [4.78, 5) is 16.7. The van der Waals surface area contributed by atoms with E-state index in [1.165, 1.54) is 12.1 Å². The summed E-state index contributed by atoms with van der Waals surface area (Å²) in [6, 6.07) is 13.6. The van der Waals surface area contributed by atoms with E-state index in [2.05, 4.69) is 4.90 Å². The fourth-order valence-corrected chi connectivity index (χ4v) is 3.68. The third-order valence-electron chi connectivity index (χ3n) is 5.45. The molecule has 2 aromatic rings. The summed E-state index contributed by atoms with van der Waals surface area (Å²) in [5.41, 5.74) is 1.12. The van der Waals surface area contributed by atoms with Crippen LogP contribution < -0.4 is 9.47 Å². The summed E-state index contributed by atoms with van der Waals surface area (Å²) in [7, 11) is 1.64. The van der Waals surface area contributed by atoms with Crippen molar-refractivity contribution in [3.63, 3.8) is 0 Å². The van der Waals surface area contributed by atoms with Crippen molar-refractivity contribution in [3.05, 3.63) is 59.9 Å². The maximum atomic E-state index is 12.9. The summed E-state index contributed by atoms with van der Waals surface area (Å²) in [6.07, 6.45) is 1.42. The average Bonchev–Trinajstić information content (AvgIpc) is 3.03. The Kier molecular flexibility index (Phi) is 8.67. The molecule has 0 bridgehead atoms. The minimum absolute atomic E-state index is 0.145. The van der Waals surface area contributed by atoms with Gasteiger partial charge in [0.05, 0.1) is 7.11 Å². The highest BCUT2D eigenvalue weighted by Gasteiger charge is 2.20. The molecule has 1 saturated heterocycles. The van der Waals surface area contributed by atoms with Gasteiger partial charge in [0.1, 0.15) is 30.0 Å². The van der Waals surface area contributed by atoms with E-state index in [1.807, 2.05) is 29.2 Å². The summed E-state index contributed by atoms with van der Waals surface area (Å²) in [5.74, 6) is 1.19. The fourth-order valence-electron chi connectivity index (χ4n) is 3.68. The zero-order valence-electron chi connectivity index (χ0n) is 18.0. The maximum absolute atomic E-state index is 12.9. The van der Waals surface area contributed by atoms with E-state index >= 15 is 0 Å². The summed E-state index contributed by atoms with van der Waals surface area (Å²) >= 11 is 0. The van der Waals surface area contributed by atoms with Crippen LogP contribution in [-0.4, -0.2) is 73.4 Å². The Labute approximate surface area is 183 Å². The van der Waals surface area contributed by atoms with Crippen LogP contribution >= 0.6 is 0 Å². The highest BCUT2D eigenvalue weighted by atomic mass is 19.1. The quantitative estimate of drug-likeness (QED) is 0.663. The molecule has 31 heavy (non-hydrogen) atoms. The molecule has 1 aliphatic heterocycles. The number of ether oxygens (including phenoxy) is 2. The first-order chi connectivity index (χ1) is 15.0. The lowest BCUT2D eigenvalue weighted by molar-refractivity contribution is -0.131. The number of aryl methyl sites for hydroxylation is 1. The second-order valence-electron chi connectivity index (χ2n) is 7.80. The number of amides is 1. The number of carbonyl (C=O) groups is 1. The number of hydrogen-bond acceptors (Lipinski definition) is 5. The Bertz CT molecular complexity index is 813. The predicted molar refractivity (Wildman–Crippen MR) is 117 cm³/mol. The van der Waals surface area contributed by atoms with Crippen molar-refractivity contribution < 1.29 is 23.8 Å². The summed E-state index contributed by atoms with van der Waals surface area (Å²) in [6.45, 7) is 3.58. The number of hydrogen-bond donors (Lipinski definition) is 1. The molecule has 3 rings (SSSR count). The van der Waals surface area contributed by atoms with Crippen molar-refractivity contribution in [2.45, 2.75) is 25.4 Å². The molecule has 1 atom stereocenters. The van der Waals surface area contributed by atoms with E-state index in [1.54, 1.807) is 19.2 Å². The van der Waals surface area contributed by atoms with Crippen LogP contribution in [0.25, 0.3) is 0 Å². The molecule has 0 saturated carbocycles. The Hall–Kier alpha value is -2.64. The van der Waals surface area contributed by atoms with Gasteiger partial charge in [-0.1, -0.05) is 12.1 Å². The second-order valence-corrected chi connectivity index (χ2v) is 7.80. The molecule has 1 unspecified atom stereocenters. The SMILES string of the molecule is COc1ccc(CCC(=O)N2CCCN(CC(O)COc3ccc(F)cc3)CC2)cc1. The van der Waals surface area contributed by atoms with Crippen LogP contribution in [0.4, 0.5) is 4.39 Å². The first-order valence-electron chi connectivity index (χ1n) is 10.7. The predicted octanol–water partition coefficient (Wildman–Crippen LogP) is 2.74. The Morgan fingerprint density at radius 1 is 1.03 bits per heavy atom. The lowest BCUT2D eigenvalue weighted by atomic mass is 10.1. The largest absolute Gasteiger partial charge is 0.497 e. The molecule has 1 N–H and O–H groups in total. The molecule has 168 valence electrons. The number of benzene rings is 2. The van der Waals surface area contributed by atoms with Crippen LogP contribution in [0.15, 0.2) is 48.5 Å². The number of nitrogens with zero attached hydrogens (tertiary/aromatic N) is 2. The molecule has 0 spiro atoms. The van der Waals surface area contributed by atoms with Crippen LogP contribution in [-0.2, 0) is 11.2 Å². The Balaban J connectivity index is 1.38. The van der Waals surface area contributed by atoms with Crippen molar-refractivity contribution in [2.75, 3.05) is 46.4 Å². The molecule has 6 nitrogen and oxygen atoms in total. The van der Waals surface area contributed by atoms with E-state index in [0.29, 0.717) is 31.7 Å². The molecule has 1 amide bonds.